The molecule has 0 spiro atoms. The summed E-state index contributed by atoms with van der Waals surface area (Å²) in [5.74, 6) is -0.683. The summed E-state index contributed by atoms with van der Waals surface area (Å²) < 4.78 is 15.3. The van der Waals surface area contributed by atoms with Gasteiger partial charge in [0.1, 0.15) is 18.2 Å². The molecule has 0 radical (unpaired) electrons. The molecule has 0 aliphatic carbocycles. The highest BCUT2D eigenvalue weighted by molar-refractivity contribution is 5.99. The molecule has 0 bridgehead atoms. The number of hydrogen-bond donors (Lipinski definition) is 1. The van der Waals surface area contributed by atoms with E-state index in [1.807, 2.05) is 44.2 Å². The zero-order valence-corrected chi connectivity index (χ0v) is 19.9. The van der Waals surface area contributed by atoms with Gasteiger partial charge in [-0.2, -0.15) is 5.10 Å². The number of aromatic nitrogens is 2. The molecule has 33 heavy (non-hydrogen) atoms. The van der Waals surface area contributed by atoms with Crippen LogP contribution in [0.5, 0.6) is 0 Å². The first-order valence-corrected chi connectivity index (χ1v) is 11.1. The number of halogens is 1. The monoisotopic (exact) mass is 450 g/mol. The van der Waals surface area contributed by atoms with Gasteiger partial charge in [0.2, 0.25) is 5.91 Å². The van der Waals surface area contributed by atoms with Crippen molar-refractivity contribution >= 4 is 17.6 Å². The number of nitrogens with one attached hydrogen (secondary N) is 1. The zero-order chi connectivity index (χ0) is 24.2. The summed E-state index contributed by atoms with van der Waals surface area (Å²) in [6, 6.07) is 15.2. The summed E-state index contributed by atoms with van der Waals surface area (Å²) in [7, 11) is 0. The average Bonchev–Trinajstić information content (AvgIpc) is 3.17. The van der Waals surface area contributed by atoms with Gasteiger partial charge in [-0.15, -0.1) is 0 Å². The van der Waals surface area contributed by atoms with Crippen LogP contribution in [0.4, 0.5) is 10.2 Å². The van der Waals surface area contributed by atoms with Crippen molar-refractivity contribution < 1.29 is 14.0 Å². The quantitative estimate of drug-likeness (QED) is 0.544. The molecule has 3 rings (SSSR count). The van der Waals surface area contributed by atoms with Crippen LogP contribution in [0.2, 0.25) is 0 Å². The van der Waals surface area contributed by atoms with E-state index in [1.54, 1.807) is 10.7 Å². The molecule has 0 aliphatic rings. The Bertz CT molecular complexity index is 1130. The lowest BCUT2D eigenvalue weighted by molar-refractivity contribution is -0.116. The van der Waals surface area contributed by atoms with Gasteiger partial charge in [-0.05, 0) is 43.7 Å². The van der Waals surface area contributed by atoms with Crippen LogP contribution in [0.25, 0.3) is 5.69 Å². The second kappa shape index (κ2) is 9.98. The van der Waals surface area contributed by atoms with Crippen molar-refractivity contribution in [3.63, 3.8) is 0 Å². The molecule has 7 heteroatoms. The first-order chi connectivity index (χ1) is 15.6. The Morgan fingerprint density at radius 2 is 1.79 bits per heavy atom. The Morgan fingerprint density at radius 3 is 2.39 bits per heavy atom. The molecule has 0 saturated heterocycles. The fourth-order valence-corrected chi connectivity index (χ4v) is 3.40. The van der Waals surface area contributed by atoms with Crippen LogP contribution in [0.1, 0.15) is 55.7 Å². The summed E-state index contributed by atoms with van der Waals surface area (Å²) in [6.07, 6.45) is 0.670. The fraction of sp³-hybridized carbons (Fsp3) is 0.346. The number of rotatable bonds is 7. The summed E-state index contributed by atoms with van der Waals surface area (Å²) >= 11 is 0. The summed E-state index contributed by atoms with van der Waals surface area (Å²) in [5, 5.41) is 7.64. The van der Waals surface area contributed by atoms with Crippen molar-refractivity contribution in [1.29, 1.82) is 0 Å². The van der Waals surface area contributed by atoms with E-state index in [4.69, 9.17) is 5.10 Å². The molecule has 0 atom stereocenters. The second-order valence-corrected chi connectivity index (χ2v) is 9.20. The smallest absolute Gasteiger partial charge is 0.254 e. The normalized spacial score (nSPS) is 11.3. The number of carbonyl (C=O) groups is 2. The minimum atomic E-state index is -0.488. The molecule has 6 nitrogen and oxygen atoms in total. The van der Waals surface area contributed by atoms with Gasteiger partial charge in [0.05, 0.1) is 11.4 Å². The molecular weight excluding hydrogens is 419 g/mol. The van der Waals surface area contributed by atoms with Gasteiger partial charge in [-0.3, -0.25) is 9.59 Å². The van der Waals surface area contributed by atoms with Crippen molar-refractivity contribution in [3.05, 3.63) is 77.2 Å². The number of hydrogen-bond acceptors (Lipinski definition) is 3. The largest absolute Gasteiger partial charge is 0.329 e. The van der Waals surface area contributed by atoms with Crippen LogP contribution in [0, 0.1) is 12.7 Å². The third-order valence-electron chi connectivity index (χ3n) is 5.21. The first-order valence-electron chi connectivity index (χ1n) is 11.1. The van der Waals surface area contributed by atoms with Gasteiger partial charge in [0, 0.05) is 23.6 Å². The van der Waals surface area contributed by atoms with Gasteiger partial charge >= 0.3 is 0 Å². The van der Waals surface area contributed by atoms with Crippen molar-refractivity contribution in [3.8, 4) is 5.69 Å². The minimum absolute atomic E-state index is 0.146. The van der Waals surface area contributed by atoms with Crippen molar-refractivity contribution in [1.82, 2.24) is 14.7 Å². The highest BCUT2D eigenvalue weighted by Gasteiger charge is 2.23. The summed E-state index contributed by atoms with van der Waals surface area (Å²) in [6.45, 7) is 10.3. The number of aryl methyl sites for hydroxylation is 1. The Kier molecular flexibility index (Phi) is 7.31. The van der Waals surface area contributed by atoms with Crippen LogP contribution in [-0.4, -0.2) is 39.6 Å². The maximum absolute atomic E-state index is 13.6. The van der Waals surface area contributed by atoms with Crippen LogP contribution < -0.4 is 5.32 Å². The molecule has 3 aromatic rings. The van der Waals surface area contributed by atoms with Crippen molar-refractivity contribution in [2.24, 2.45) is 0 Å². The van der Waals surface area contributed by atoms with Gasteiger partial charge in [0.15, 0.2) is 0 Å². The lowest BCUT2D eigenvalue weighted by atomic mass is 9.92. The third kappa shape index (κ3) is 6.06. The van der Waals surface area contributed by atoms with Gasteiger partial charge in [-0.25, -0.2) is 9.07 Å². The molecule has 1 aromatic heterocycles. The summed E-state index contributed by atoms with van der Waals surface area (Å²) in [5.41, 5.74) is 2.79. The predicted octanol–water partition coefficient (Wildman–Crippen LogP) is 5.11. The van der Waals surface area contributed by atoms with E-state index in [9.17, 15) is 14.0 Å². The molecular formula is C26H31FN4O2. The maximum atomic E-state index is 13.6. The van der Waals surface area contributed by atoms with Gasteiger partial charge < -0.3 is 10.2 Å². The van der Waals surface area contributed by atoms with E-state index in [-0.39, 0.29) is 29.3 Å². The molecule has 0 unspecified atom stereocenters. The van der Waals surface area contributed by atoms with E-state index in [0.29, 0.717) is 18.8 Å². The van der Waals surface area contributed by atoms with E-state index >= 15 is 0 Å². The number of carbonyl (C=O) groups excluding carboxylic acids is 2. The van der Waals surface area contributed by atoms with Crippen molar-refractivity contribution in [2.75, 3.05) is 18.4 Å². The van der Waals surface area contributed by atoms with Gasteiger partial charge in [-0.1, -0.05) is 51.5 Å². The molecule has 2 aromatic carbocycles. The SMILES string of the molecule is CCCN(CC(=O)Nc1cc(C(C)(C)C)nn1-c1ccc(C)cc1)C(=O)c1cccc(F)c1. The van der Waals surface area contributed by atoms with Gasteiger partial charge in [0.25, 0.3) is 5.91 Å². The van der Waals surface area contributed by atoms with Crippen LogP contribution in [0.15, 0.2) is 54.6 Å². The Labute approximate surface area is 194 Å². The Balaban J connectivity index is 1.85. The third-order valence-corrected chi connectivity index (χ3v) is 5.21. The summed E-state index contributed by atoms with van der Waals surface area (Å²) in [4.78, 5) is 27.3. The van der Waals surface area contributed by atoms with Crippen molar-refractivity contribution in [2.45, 2.75) is 46.5 Å². The number of nitrogens with zero attached hydrogens (tertiary/aromatic N) is 3. The molecule has 174 valence electrons. The van der Waals surface area contributed by atoms with Crippen LogP contribution >= 0.6 is 0 Å². The zero-order valence-electron chi connectivity index (χ0n) is 19.9. The molecule has 1 heterocycles. The van der Waals surface area contributed by atoms with E-state index < -0.39 is 5.82 Å². The average molecular weight is 451 g/mol. The van der Waals surface area contributed by atoms with E-state index in [0.717, 1.165) is 16.9 Å². The van der Waals surface area contributed by atoms with E-state index in [1.165, 1.54) is 23.1 Å². The topological polar surface area (TPSA) is 67.2 Å². The number of amides is 2. The number of anilines is 1. The first kappa shape index (κ1) is 24.2. The highest BCUT2D eigenvalue weighted by Crippen LogP contribution is 2.26. The molecule has 2 amide bonds. The minimum Gasteiger partial charge on any atom is -0.329 e. The lowest BCUT2D eigenvalue weighted by Gasteiger charge is -2.22. The molecule has 1 N–H and O–H groups in total. The number of benzene rings is 2. The molecule has 0 saturated carbocycles. The Hall–Kier alpha value is -3.48. The maximum Gasteiger partial charge on any atom is 0.254 e. The standard InChI is InChI=1S/C26H31FN4O2/c1-6-14-30(25(33)19-8-7-9-20(27)15-19)17-24(32)28-23-16-22(26(3,4)5)29-31(23)21-12-10-18(2)11-13-21/h7-13,15-16H,6,14,17H2,1-5H3,(H,28,32). The van der Waals surface area contributed by atoms with Crippen LogP contribution in [-0.2, 0) is 10.2 Å². The lowest BCUT2D eigenvalue weighted by Crippen LogP contribution is -2.38. The van der Waals surface area contributed by atoms with E-state index in [2.05, 4.69) is 26.1 Å². The molecule has 0 fully saturated rings. The molecule has 0 aliphatic heterocycles. The van der Waals surface area contributed by atoms with Crippen LogP contribution in [0.3, 0.4) is 0 Å². The Morgan fingerprint density at radius 1 is 1.09 bits per heavy atom. The predicted molar refractivity (Wildman–Crippen MR) is 128 cm³/mol. The highest BCUT2D eigenvalue weighted by atomic mass is 19.1. The fourth-order valence-electron chi connectivity index (χ4n) is 3.40. The second-order valence-electron chi connectivity index (χ2n) is 9.20.